The molecule has 6 unspecified atom stereocenters. The number of hydrogen-bond donors (Lipinski definition) is 1. The van der Waals surface area contributed by atoms with Crippen molar-refractivity contribution in [1.82, 2.24) is 4.98 Å². The SMILES string of the molecule is COc1ccc(O)c(C2C3=CCC4C(=O)N(c5ccc(-c6nc7ccccc7o6)cc5)C(=O)C4C3CC3C(=O)N(c4cccc(Cl)c4)C(=O)C32c2ccccc2)c1. The maximum absolute atomic E-state index is 15.5. The first-order valence-corrected chi connectivity index (χ1v) is 19.2. The normalized spacial score (nSPS) is 25.4. The summed E-state index contributed by atoms with van der Waals surface area (Å²) in [5.41, 5.74) is 2.97. The Hall–Kier alpha value is -6.52. The van der Waals surface area contributed by atoms with Gasteiger partial charge in [-0.2, -0.15) is 0 Å². The number of ether oxygens (including phenoxy) is 1. The molecule has 10 nitrogen and oxygen atoms in total. The number of carbonyl (C=O) groups is 4. The molecule has 11 heteroatoms. The van der Waals surface area contributed by atoms with Crippen LogP contribution in [0.4, 0.5) is 11.4 Å². The van der Waals surface area contributed by atoms with Crippen LogP contribution in [0.5, 0.6) is 11.5 Å². The highest BCUT2D eigenvalue weighted by Crippen LogP contribution is 2.65. The molecule has 0 radical (unpaired) electrons. The van der Waals surface area contributed by atoms with Crippen LogP contribution in [0.15, 0.2) is 137 Å². The van der Waals surface area contributed by atoms with E-state index in [2.05, 4.69) is 4.98 Å². The lowest BCUT2D eigenvalue weighted by Crippen LogP contribution is -2.53. The summed E-state index contributed by atoms with van der Waals surface area (Å²) in [5, 5.41) is 12.0. The van der Waals surface area contributed by atoms with Gasteiger partial charge in [-0.15, -0.1) is 0 Å². The molecule has 3 heterocycles. The van der Waals surface area contributed by atoms with Crippen molar-refractivity contribution in [3.8, 4) is 23.0 Å². The van der Waals surface area contributed by atoms with Crippen LogP contribution in [0, 0.1) is 23.7 Å². The standard InChI is InChI=1S/C46H34ClN3O7/c1-56-30-18-21-37(51)34(23-30)40-31-19-20-32-39(44(54)49(42(32)52)28-16-14-25(15-17-28)41-48-36-12-5-6-13-38(36)57-41)33(31)24-35-43(53)50(29-11-7-10-27(47)22-29)45(55)46(35,40)26-8-3-2-4-9-26/h2-19,21-23,32-33,35,39-40,51H,20,24H2,1H3. The lowest BCUT2D eigenvalue weighted by atomic mass is 9.49. The summed E-state index contributed by atoms with van der Waals surface area (Å²) in [6.07, 6.45) is 2.31. The van der Waals surface area contributed by atoms with Crippen molar-refractivity contribution in [2.75, 3.05) is 16.9 Å². The molecule has 2 aliphatic carbocycles. The number of methoxy groups -OCH3 is 1. The van der Waals surface area contributed by atoms with Gasteiger partial charge in [-0.25, -0.2) is 9.88 Å². The van der Waals surface area contributed by atoms with E-state index in [1.807, 2.05) is 60.7 Å². The molecular formula is C46H34ClN3O7. The molecule has 2 aliphatic heterocycles. The van der Waals surface area contributed by atoms with Crippen LogP contribution in [0.25, 0.3) is 22.6 Å². The molecule has 6 aromatic rings. The third-order valence-electron chi connectivity index (χ3n) is 12.4. The van der Waals surface area contributed by atoms with Gasteiger partial charge in [0.05, 0.1) is 41.7 Å². The smallest absolute Gasteiger partial charge is 0.246 e. The summed E-state index contributed by atoms with van der Waals surface area (Å²) < 4.78 is 11.6. The Morgan fingerprint density at radius 2 is 1.56 bits per heavy atom. The minimum Gasteiger partial charge on any atom is -0.508 e. The lowest BCUT2D eigenvalue weighted by molar-refractivity contribution is -0.127. The fourth-order valence-electron chi connectivity index (χ4n) is 9.98. The predicted molar refractivity (Wildman–Crippen MR) is 213 cm³/mol. The molecule has 57 heavy (non-hydrogen) atoms. The first-order valence-electron chi connectivity index (χ1n) is 18.8. The molecule has 1 N–H and O–H groups in total. The number of halogens is 1. The Morgan fingerprint density at radius 3 is 2.32 bits per heavy atom. The van der Waals surface area contributed by atoms with Gasteiger partial charge in [0.15, 0.2) is 5.58 Å². The van der Waals surface area contributed by atoms with Crippen LogP contribution in [-0.4, -0.2) is 40.8 Å². The Labute approximate surface area is 331 Å². The average Bonchev–Trinajstić information content (AvgIpc) is 3.85. The molecule has 2 saturated heterocycles. The van der Waals surface area contributed by atoms with E-state index in [-0.39, 0.29) is 30.4 Å². The van der Waals surface area contributed by atoms with E-state index in [0.717, 1.165) is 11.1 Å². The highest BCUT2D eigenvalue weighted by molar-refractivity contribution is 6.32. The number of para-hydroxylation sites is 2. The Bertz CT molecular complexity index is 2660. The molecule has 3 fully saturated rings. The second-order valence-corrected chi connectivity index (χ2v) is 15.5. The number of aromatic hydroxyl groups is 1. The van der Waals surface area contributed by atoms with Gasteiger partial charge in [0.1, 0.15) is 17.0 Å². The van der Waals surface area contributed by atoms with E-state index in [1.165, 1.54) is 23.0 Å². The van der Waals surface area contributed by atoms with E-state index >= 15 is 9.59 Å². The molecule has 282 valence electrons. The van der Waals surface area contributed by atoms with Gasteiger partial charge in [-0.05, 0) is 97.1 Å². The number of amides is 4. The molecule has 4 aliphatic rings. The maximum Gasteiger partial charge on any atom is 0.246 e. The number of phenolic OH excluding ortho intramolecular Hbond substituents is 1. The minimum atomic E-state index is -1.54. The number of rotatable bonds is 6. The number of benzene rings is 5. The summed E-state index contributed by atoms with van der Waals surface area (Å²) in [7, 11) is 1.52. The number of phenols is 1. The summed E-state index contributed by atoms with van der Waals surface area (Å²) in [6.45, 7) is 0. The number of imide groups is 2. The first kappa shape index (κ1) is 34.9. The second kappa shape index (κ2) is 13.0. The predicted octanol–water partition coefficient (Wildman–Crippen LogP) is 8.23. The largest absolute Gasteiger partial charge is 0.508 e. The van der Waals surface area contributed by atoms with Crippen LogP contribution < -0.4 is 14.5 Å². The second-order valence-electron chi connectivity index (χ2n) is 15.1. The summed E-state index contributed by atoms with van der Waals surface area (Å²) in [5.74, 6) is -4.84. The molecule has 6 atom stereocenters. The van der Waals surface area contributed by atoms with Crippen LogP contribution in [-0.2, 0) is 24.6 Å². The monoisotopic (exact) mass is 775 g/mol. The molecule has 0 bridgehead atoms. The number of allylic oxidation sites excluding steroid dienone is 2. The molecule has 4 amide bonds. The van der Waals surface area contributed by atoms with Crippen LogP contribution >= 0.6 is 11.6 Å². The quantitative estimate of drug-likeness (QED) is 0.132. The van der Waals surface area contributed by atoms with Crippen molar-refractivity contribution in [2.24, 2.45) is 23.7 Å². The third-order valence-corrected chi connectivity index (χ3v) is 12.6. The van der Waals surface area contributed by atoms with Crippen molar-refractivity contribution >= 4 is 57.7 Å². The average molecular weight is 776 g/mol. The number of aromatic nitrogens is 1. The number of oxazole rings is 1. The van der Waals surface area contributed by atoms with E-state index in [4.69, 9.17) is 20.8 Å². The zero-order valence-corrected chi connectivity index (χ0v) is 31.3. The van der Waals surface area contributed by atoms with Gasteiger partial charge >= 0.3 is 0 Å². The molecular weight excluding hydrogens is 742 g/mol. The van der Waals surface area contributed by atoms with Crippen molar-refractivity contribution < 1.29 is 33.4 Å². The zero-order chi connectivity index (χ0) is 39.2. The molecule has 5 aromatic carbocycles. The molecule has 10 rings (SSSR count). The fraction of sp³-hybridized carbons (Fsp3) is 0.196. The molecule has 1 saturated carbocycles. The Kier molecular flexibility index (Phi) is 7.98. The topological polar surface area (TPSA) is 130 Å². The first-order chi connectivity index (χ1) is 27.7. The van der Waals surface area contributed by atoms with E-state index < -0.39 is 46.8 Å². The van der Waals surface area contributed by atoms with Crippen molar-refractivity contribution in [3.05, 3.63) is 149 Å². The zero-order valence-electron chi connectivity index (χ0n) is 30.5. The molecule has 1 aromatic heterocycles. The molecule has 0 spiro atoms. The highest BCUT2D eigenvalue weighted by atomic mass is 35.5. The van der Waals surface area contributed by atoms with Crippen LogP contribution in [0.3, 0.4) is 0 Å². The maximum atomic E-state index is 15.5. The number of hydrogen-bond acceptors (Lipinski definition) is 8. The summed E-state index contributed by atoms with van der Waals surface area (Å²) in [4.78, 5) is 66.6. The van der Waals surface area contributed by atoms with Gasteiger partial charge in [0.2, 0.25) is 29.5 Å². The van der Waals surface area contributed by atoms with Crippen molar-refractivity contribution in [3.63, 3.8) is 0 Å². The van der Waals surface area contributed by atoms with Crippen LogP contribution in [0.1, 0.15) is 29.9 Å². The van der Waals surface area contributed by atoms with Crippen molar-refractivity contribution in [2.45, 2.75) is 24.2 Å². The number of nitrogens with zero attached hydrogens (tertiary/aromatic N) is 3. The summed E-state index contributed by atoms with van der Waals surface area (Å²) >= 11 is 6.43. The van der Waals surface area contributed by atoms with Gasteiger partial charge in [-0.1, -0.05) is 71.8 Å². The van der Waals surface area contributed by atoms with Gasteiger partial charge in [-0.3, -0.25) is 24.1 Å². The van der Waals surface area contributed by atoms with Gasteiger partial charge < -0.3 is 14.3 Å². The minimum absolute atomic E-state index is 0.0885. The van der Waals surface area contributed by atoms with E-state index in [1.54, 1.807) is 60.7 Å². The van der Waals surface area contributed by atoms with Gasteiger partial charge in [0, 0.05) is 22.1 Å². The van der Waals surface area contributed by atoms with E-state index in [0.29, 0.717) is 50.3 Å². The Balaban J connectivity index is 1.10. The Morgan fingerprint density at radius 1 is 0.789 bits per heavy atom. The van der Waals surface area contributed by atoms with Gasteiger partial charge in [0.25, 0.3) is 0 Å². The number of carbonyl (C=O) groups excluding carboxylic acids is 4. The lowest BCUT2D eigenvalue weighted by Gasteiger charge is -2.50. The van der Waals surface area contributed by atoms with E-state index in [9.17, 15) is 14.7 Å². The number of anilines is 2. The highest BCUT2D eigenvalue weighted by Gasteiger charge is 2.70. The number of fused-ring (bicyclic) bond motifs is 5. The summed E-state index contributed by atoms with van der Waals surface area (Å²) in [6, 6.07) is 35.1. The fourth-order valence-corrected chi connectivity index (χ4v) is 10.2. The third kappa shape index (κ3) is 5.06. The van der Waals surface area contributed by atoms with Crippen LogP contribution in [0.2, 0.25) is 5.02 Å². The van der Waals surface area contributed by atoms with Crippen molar-refractivity contribution in [1.29, 1.82) is 0 Å².